The zero-order chi connectivity index (χ0) is 28.5. The zero-order valence-corrected chi connectivity index (χ0v) is 24.2. The smallest absolute Gasteiger partial charge is 0.326 e. The number of ether oxygens (including phenoxy) is 2. The molecule has 0 aliphatic carbocycles. The zero-order valence-electron chi connectivity index (χ0n) is 23.3. The van der Waals surface area contributed by atoms with E-state index in [0.717, 1.165) is 41.0 Å². The molecule has 0 saturated carbocycles. The van der Waals surface area contributed by atoms with E-state index in [4.69, 9.17) is 9.47 Å². The quantitative estimate of drug-likeness (QED) is 0.294. The number of aliphatic carboxylic acids is 1. The summed E-state index contributed by atoms with van der Waals surface area (Å²) in [6.07, 6.45) is 3.20. The number of hydrogen-bond donors (Lipinski definition) is 2. The number of nitrogens with zero attached hydrogens (tertiary/aromatic N) is 1. The summed E-state index contributed by atoms with van der Waals surface area (Å²) in [5.41, 5.74) is 4.31. The standard InChI is InChI=1S/C32H38N2O5S/c1-22-9-7-8-12-27(22)29-17-23(13-14-28(29)31(35)33-30(32(36)37)15-16-40-3)19-34-20-26(18-24(34)21-38-2)39-25-10-5-4-6-11-25/h4-14,17,24,26,30H,15-16,18-21H2,1-3H3,(H,33,35)(H,36,37)/t24-,26?,30+/m1/s1. The highest BCUT2D eigenvalue weighted by Gasteiger charge is 2.33. The molecule has 2 N–H and O–H groups in total. The van der Waals surface area contributed by atoms with Crippen LogP contribution in [0.25, 0.3) is 11.1 Å². The van der Waals surface area contributed by atoms with Crippen molar-refractivity contribution in [2.45, 2.75) is 44.5 Å². The van der Waals surface area contributed by atoms with Crippen molar-refractivity contribution in [2.75, 3.05) is 32.3 Å². The van der Waals surface area contributed by atoms with Crippen molar-refractivity contribution in [1.29, 1.82) is 0 Å². The van der Waals surface area contributed by atoms with Crippen LogP contribution in [0.5, 0.6) is 5.75 Å². The predicted octanol–water partition coefficient (Wildman–Crippen LogP) is 5.27. The molecule has 1 fully saturated rings. The van der Waals surface area contributed by atoms with Crippen molar-refractivity contribution in [1.82, 2.24) is 10.2 Å². The molecule has 3 atom stereocenters. The first kappa shape index (κ1) is 29.6. The number of hydrogen-bond acceptors (Lipinski definition) is 6. The molecule has 3 aromatic carbocycles. The van der Waals surface area contributed by atoms with Crippen molar-refractivity contribution in [3.8, 4) is 16.9 Å². The number of carboxylic acid groups (broad SMARTS) is 1. The van der Waals surface area contributed by atoms with Crippen molar-refractivity contribution in [2.24, 2.45) is 0 Å². The van der Waals surface area contributed by atoms with E-state index in [1.54, 1.807) is 18.9 Å². The molecule has 0 bridgehead atoms. The lowest BCUT2D eigenvalue weighted by atomic mass is 9.93. The Morgan fingerprint density at radius 2 is 1.82 bits per heavy atom. The normalized spacial score (nSPS) is 17.9. The third-order valence-electron chi connectivity index (χ3n) is 7.26. The summed E-state index contributed by atoms with van der Waals surface area (Å²) < 4.78 is 11.8. The Bertz CT molecular complexity index is 1290. The number of benzene rings is 3. The second-order valence-electron chi connectivity index (χ2n) is 10.2. The second kappa shape index (κ2) is 14.3. The fourth-order valence-electron chi connectivity index (χ4n) is 5.22. The highest BCUT2D eigenvalue weighted by Crippen LogP contribution is 2.31. The van der Waals surface area contributed by atoms with Gasteiger partial charge in [-0.15, -0.1) is 0 Å². The molecule has 1 amide bonds. The minimum atomic E-state index is -1.03. The third-order valence-corrected chi connectivity index (χ3v) is 7.90. The molecule has 0 spiro atoms. The number of nitrogens with one attached hydrogen (secondary N) is 1. The van der Waals surface area contributed by atoms with Gasteiger partial charge in [0, 0.05) is 38.2 Å². The first-order chi connectivity index (χ1) is 19.4. The number of carbonyl (C=O) groups excluding carboxylic acids is 1. The van der Waals surface area contributed by atoms with Crippen LogP contribution in [-0.2, 0) is 16.1 Å². The molecule has 1 aliphatic heterocycles. The molecule has 8 heteroatoms. The number of thioether (sulfide) groups is 1. The fraction of sp³-hybridized carbons (Fsp3) is 0.375. The molecule has 3 aromatic rings. The molecular weight excluding hydrogens is 524 g/mol. The second-order valence-corrected chi connectivity index (χ2v) is 11.2. The van der Waals surface area contributed by atoms with E-state index in [2.05, 4.69) is 16.3 Å². The minimum Gasteiger partial charge on any atom is -0.489 e. The van der Waals surface area contributed by atoms with E-state index < -0.39 is 12.0 Å². The van der Waals surface area contributed by atoms with Gasteiger partial charge in [0.25, 0.3) is 5.91 Å². The number of rotatable bonds is 13. The average Bonchev–Trinajstić information content (AvgIpc) is 3.31. The molecule has 1 saturated heterocycles. The van der Waals surface area contributed by atoms with Crippen molar-refractivity contribution >= 4 is 23.6 Å². The number of amides is 1. The van der Waals surface area contributed by atoms with Crippen LogP contribution in [0.2, 0.25) is 0 Å². The summed E-state index contributed by atoms with van der Waals surface area (Å²) in [6.45, 7) is 4.06. The van der Waals surface area contributed by atoms with Gasteiger partial charge in [0.2, 0.25) is 0 Å². The van der Waals surface area contributed by atoms with Gasteiger partial charge in [0.1, 0.15) is 17.9 Å². The van der Waals surface area contributed by atoms with Gasteiger partial charge in [0.05, 0.1) is 6.61 Å². The van der Waals surface area contributed by atoms with E-state index >= 15 is 0 Å². The van der Waals surface area contributed by atoms with Gasteiger partial charge >= 0.3 is 5.97 Å². The SMILES string of the molecule is COC[C@H]1CC(Oc2ccccc2)CN1Cc1ccc(C(=O)N[C@@H](CCSC)C(=O)O)c(-c2ccccc2C)c1. The van der Waals surface area contributed by atoms with Crippen molar-refractivity contribution in [3.05, 3.63) is 89.5 Å². The molecule has 1 aliphatic rings. The predicted molar refractivity (Wildman–Crippen MR) is 160 cm³/mol. The molecule has 4 rings (SSSR count). The van der Waals surface area contributed by atoms with Crippen LogP contribution in [0.1, 0.15) is 34.3 Å². The molecule has 1 heterocycles. The Balaban J connectivity index is 1.59. The first-order valence-corrected chi connectivity index (χ1v) is 14.9. The van der Waals surface area contributed by atoms with Crippen LogP contribution in [-0.4, -0.2) is 72.3 Å². The van der Waals surface area contributed by atoms with Crippen LogP contribution in [0.3, 0.4) is 0 Å². The van der Waals surface area contributed by atoms with E-state index in [0.29, 0.717) is 30.9 Å². The fourth-order valence-corrected chi connectivity index (χ4v) is 5.69. The molecule has 40 heavy (non-hydrogen) atoms. The molecule has 0 aromatic heterocycles. The van der Waals surface area contributed by atoms with E-state index in [9.17, 15) is 14.7 Å². The van der Waals surface area contributed by atoms with Crippen LogP contribution in [0, 0.1) is 6.92 Å². The van der Waals surface area contributed by atoms with E-state index in [1.807, 2.05) is 79.9 Å². The summed E-state index contributed by atoms with van der Waals surface area (Å²) in [7, 11) is 1.72. The van der Waals surface area contributed by atoms with Gasteiger partial charge in [0.15, 0.2) is 0 Å². The Hall–Kier alpha value is -3.33. The molecule has 212 valence electrons. The van der Waals surface area contributed by atoms with E-state index in [1.165, 1.54) is 0 Å². The van der Waals surface area contributed by atoms with Crippen LogP contribution in [0.15, 0.2) is 72.8 Å². The summed E-state index contributed by atoms with van der Waals surface area (Å²) in [6, 6.07) is 22.9. The third kappa shape index (κ3) is 7.65. The van der Waals surface area contributed by atoms with Gasteiger partial charge in [-0.3, -0.25) is 9.69 Å². The van der Waals surface area contributed by atoms with Gasteiger partial charge < -0.3 is 19.9 Å². The maximum absolute atomic E-state index is 13.4. The Kier molecular flexibility index (Phi) is 10.6. The number of aryl methyl sites for hydroxylation is 1. The van der Waals surface area contributed by atoms with Crippen LogP contribution in [0.4, 0.5) is 0 Å². The minimum absolute atomic E-state index is 0.0534. The summed E-state index contributed by atoms with van der Waals surface area (Å²) >= 11 is 1.56. The van der Waals surface area contributed by atoms with Gasteiger partial charge in [-0.1, -0.05) is 48.5 Å². The number of para-hydroxylation sites is 1. The summed E-state index contributed by atoms with van der Waals surface area (Å²) in [5, 5.41) is 12.4. The maximum Gasteiger partial charge on any atom is 0.326 e. The van der Waals surface area contributed by atoms with Gasteiger partial charge in [-0.25, -0.2) is 4.79 Å². The van der Waals surface area contributed by atoms with Gasteiger partial charge in [-0.2, -0.15) is 11.8 Å². The first-order valence-electron chi connectivity index (χ1n) is 13.6. The van der Waals surface area contributed by atoms with Gasteiger partial charge in [-0.05, 0) is 71.9 Å². The van der Waals surface area contributed by atoms with Crippen molar-refractivity contribution in [3.63, 3.8) is 0 Å². The van der Waals surface area contributed by atoms with E-state index in [-0.39, 0.29) is 18.1 Å². The lowest BCUT2D eigenvalue weighted by Gasteiger charge is -2.24. The molecule has 7 nitrogen and oxygen atoms in total. The highest BCUT2D eigenvalue weighted by atomic mass is 32.2. The number of carbonyl (C=O) groups is 2. The monoisotopic (exact) mass is 562 g/mol. The maximum atomic E-state index is 13.4. The van der Waals surface area contributed by atoms with Crippen LogP contribution < -0.4 is 10.1 Å². The molecular formula is C32H38N2O5S. The Morgan fingerprint density at radius 1 is 1.07 bits per heavy atom. The Labute approximate surface area is 240 Å². The lowest BCUT2D eigenvalue weighted by Crippen LogP contribution is -2.41. The van der Waals surface area contributed by atoms with Crippen LogP contribution >= 0.6 is 11.8 Å². The largest absolute Gasteiger partial charge is 0.489 e. The molecule has 1 unspecified atom stereocenters. The summed E-state index contributed by atoms with van der Waals surface area (Å²) in [5.74, 6) is 0.101. The number of methoxy groups -OCH3 is 1. The average molecular weight is 563 g/mol. The molecule has 0 radical (unpaired) electrons. The summed E-state index contributed by atoms with van der Waals surface area (Å²) in [4.78, 5) is 27.6. The van der Waals surface area contributed by atoms with Crippen molar-refractivity contribution < 1.29 is 24.2 Å². The lowest BCUT2D eigenvalue weighted by molar-refractivity contribution is -0.139. The number of likely N-dealkylation sites (tertiary alicyclic amines) is 1. The topological polar surface area (TPSA) is 88.1 Å². The highest BCUT2D eigenvalue weighted by molar-refractivity contribution is 7.98. The Morgan fingerprint density at radius 3 is 2.52 bits per heavy atom. The number of carboxylic acids is 1.